The lowest BCUT2D eigenvalue weighted by atomic mass is 10.4. The number of fused-ring (bicyclic) bond motifs is 1. The monoisotopic (exact) mass is 280 g/mol. The van der Waals surface area contributed by atoms with Crippen LogP contribution >= 0.6 is 22.9 Å². The van der Waals surface area contributed by atoms with Crippen LogP contribution in [-0.2, 0) is 6.54 Å². The Hall–Kier alpha value is -1.73. The van der Waals surface area contributed by atoms with E-state index in [0.717, 1.165) is 11.5 Å². The first-order chi connectivity index (χ1) is 8.74. The van der Waals surface area contributed by atoms with Crippen LogP contribution < -0.4 is 4.90 Å². The average Bonchev–Trinajstić information content (AvgIpc) is 2.97. The van der Waals surface area contributed by atoms with Crippen LogP contribution in [0.3, 0.4) is 0 Å². The molecular weight excluding hydrogens is 272 g/mol. The number of rotatable bonds is 3. The van der Waals surface area contributed by atoms with Crippen molar-refractivity contribution in [3.8, 4) is 0 Å². The number of aromatic nitrogens is 5. The number of hydrogen-bond donors (Lipinski definition) is 0. The van der Waals surface area contributed by atoms with E-state index in [1.54, 1.807) is 21.9 Å². The smallest absolute Gasteiger partial charge is 0.255 e. The van der Waals surface area contributed by atoms with Crippen LogP contribution in [-0.4, -0.2) is 31.6 Å². The Balaban J connectivity index is 2.00. The molecule has 92 valence electrons. The summed E-state index contributed by atoms with van der Waals surface area (Å²) in [7, 11) is 1.95. The molecule has 0 amide bonds. The third kappa shape index (κ3) is 2.02. The zero-order valence-electron chi connectivity index (χ0n) is 9.49. The Morgan fingerprint density at radius 3 is 3.11 bits per heavy atom. The largest absolute Gasteiger partial charge is 0.353 e. The fraction of sp³-hybridized carbons (Fsp3) is 0.200. The van der Waals surface area contributed by atoms with Crippen LogP contribution in [0.15, 0.2) is 23.3 Å². The molecule has 18 heavy (non-hydrogen) atoms. The predicted molar refractivity (Wildman–Crippen MR) is 70.0 cm³/mol. The van der Waals surface area contributed by atoms with E-state index in [9.17, 15) is 0 Å². The molecule has 0 aliphatic carbocycles. The summed E-state index contributed by atoms with van der Waals surface area (Å²) in [6.07, 6.45) is 1.46. The maximum Gasteiger partial charge on any atom is 0.255 e. The fourth-order valence-electron chi connectivity index (χ4n) is 1.68. The summed E-state index contributed by atoms with van der Waals surface area (Å²) in [5.74, 6) is 1.32. The van der Waals surface area contributed by atoms with Gasteiger partial charge < -0.3 is 4.90 Å². The van der Waals surface area contributed by atoms with Crippen molar-refractivity contribution < 1.29 is 0 Å². The lowest BCUT2D eigenvalue weighted by molar-refractivity contribution is 0.820. The van der Waals surface area contributed by atoms with Gasteiger partial charge in [0.1, 0.15) is 17.3 Å². The van der Waals surface area contributed by atoms with Crippen molar-refractivity contribution in [3.63, 3.8) is 0 Å². The Labute approximate surface area is 112 Å². The number of hydrogen-bond acceptors (Lipinski definition) is 6. The molecule has 3 heterocycles. The Bertz CT molecular complexity index is 664. The molecule has 8 heteroatoms. The maximum absolute atomic E-state index is 5.97. The molecule has 0 N–H and O–H groups in total. The second-order valence-electron chi connectivity index (χ2n) is 3.74. The van der Waals surface area contributed by atoms with E-state index in [4.69, 9.17) is 11.6 Å². The summed E-state index contributed by atoms with van der Waals surface area (Å²) in [6.45, 7) is 0.679. The zero-order valence-corrected chi connectivity index (χ0v) is 11.1. The molecule has 3 aromatic heterocycles. The highest BCUT2D eigenvalue weighted by molar-refractivity contribution is 7.07. The molecule has 0 aliphatic heterocycles. The summed E-state index contributed by atoms with van der Waals surface area (Å²) < 4.78 is 1.65. The summed E-state index contributed by atoms with van der Waals surface area (Å²) >= 11 is 7.55. The first-order valence-corrected chi connectivity index (χ1v) is 6.50. The molecular formula is C10H9ClN6S. The van der Waals surface area contributed by atoms with E-state index in [1.165, 1.54) is 6.33 Å². The van der Waals surface area contributed by atoms with Gasteiger partial charge in [-0.25, -0.2) is 4.98 Å². The van der Waals surface area contributed by atoms with E-state index in [0.29, 0.717) is 17.5 Å². The molecule has 0 bridgehead atoms. The highest BCUT2D eigenvalue weighted by atomic mass is 35.5. The van der Waals surface area contributed by atoms with Crippen molar-refractivity contribution in [1.29, 1.82) is 0 Å². The van der Waals surface area contributed by atoms with Crippen molar-refractivity contribution in [2.24, 2.45) is 0 Å². The van der Waals surface area contributed by atoms with Crippen LogP contribution in [0, 0.1) is 0 Å². The van der Waals surface area contributed by atoms with E-state index < -0.39 is 0 Å². The lowest BCUT2D eigenvalue weighted by Crippen LogP contribution is -2.20. The molecule has 0 radical (unpaired) electrons. The minimum Gasteiger partial charge on any atom is -0.353 e. The van der Waals surface area contributed by atoms with Crippen molar-refractivity contribution >= 4 is 34.5 Å². The molecule has 6 nitrogen and oxygen atoms in total. The SMILES string of the molecule is CN(Cc1cscn1)c1cc(Cl)nc2ncnn12. The van der Waals surface area contributed by atoms with Crippen molar-refractivity contribution in [3.05, 3.63) is 34.1 Å². The van der Waals surface area contributed by atoms with Gasteiger partial charge in [-0.15, -0.1) is 11.3 Å². The van der Waals surface area contributed by atoms with Gasteiger partial charge in [-0.05, 0) is 0 Å². The van der Waals surface area contributed by atoms with Crippen molar-refractivity contribution in [2.45, 2.75) is 6.54 Å². The molecule has 0 spiro atoms. The van der Waals surface area contributed by atoms with Crippen molar-refractivity contribution in [2.75, 3.05) is 11.9 Å². The highest BCUT2D eigenvalue weighted by Gasteiger charge is 2.11. The molecule has 0 saturated heterocycles. The summed E-state index contributed by atoms with van der Waals surface area (Å²) in [4.78, 5) is 14.4. The quantitative estimate of drug-likeness (QED) is 0.686. The molecule has 0 fully saturated rings. The molecule has 3 aromatic rings. The van der Waals surface area contributed by atoms with Crippen LogP contribution in [0.5, 0.6) is 0 Å². The van der Waals surface area contributed by atoms with Gasteiger partial charge in [-0.2, -0.15) is 19.6 Å². The van der Waals surface area contributed by atoms with Crippen LogP contribution in [0.1, 0.15) is 5.69 Å². The normalized spacial score (nSPS) is 11.0. The predicted octanol–water partition coefficient (Wildman–Crippen LogP) is 1.87. The van der Waals surface area contributed by atoms with Gasteiger partial charge in [-0.1, -0.05) is 11.6 Å². The zero-order chi connectivity index (χ0) is 12.5. The van der Waals surface area contributed by atoms with Gasteiger partial charge in [0, 0.05) is 18.5 Å². The molecule has 0 aliphatic rings. The summed E-state index contributed by atoms with van der Waals surface area (Å²) in [5.41, 5.74) is 2.82. The van der Waals surface area contributed by atoms with E-state index in [-0.39, 0.29) is 0 Å². The maximum atomic E-state index is 5.97. The minimum absolute atomic E-state index is 0.399. The fourth-order valence-corrected chi connectivity index (χ4v) is 2.40. The minimum atomic E-state index is 0.399. The van der Waals surface area contributed by atoms with E-state index >= 15 is 0 Å². The van der Waals surface area contributed by atoms with Gasteiger partial charge in [0.15, 0.2) is 0 Å². The third-order valence-corrected chi connectivity index (χ3v) is 3.30. The van der Waals surface area contributed by atoms with Crippen LogP contribution in [0.25, 0.3) is 5.78 Å². The summed E-state index contributed by atoms with van der Waals surface area (Å²) in [6, 6.07) is 1.76. The van der Waals surface area contributed by atoms with E-state index in [1.807, 2.05) is 22.8 Å². The average molecular weight is 281 g/mol. The standard InChI is InChI=1S/C10H9ClN6S/c1-16(3-7-4-18-6-13-7)9-2-8(11)15-10-12-5-14-17(9)10/h2,4-6H,3H2,1H3. The molecule has 3 rings (SSSR count). The van der Waals surface area contributed by atoms with Gasteiger partial charge in [0.2, 0.25) is 0 Å². The topological polar surface area (TPSA) is 59.2 Å². The van der Waals surface area contributed by atoms with Crippen LogP contribution in [0.2, 0.25) is 5.15 Å². The van der Waals surface area contributed by atoms with Gasteiger partial charge in [-0.3, -0.25) is 0 Å². The Kier molecular flexibility index (Phi) is 2.85. The molecule has 0 aromatic carbocycles. The molecule has 0 atom stereocenters. The second kappa shape index (κ2) is 4.51. The third-order valence-electron chi connectivity index (χ3n) is 2.48. The number of thiazole rings is 1. The Morgan fingerprint density at radius 2 is 2.33 bits per heavy atom. The Morgan fingerprint density at radius 1 is 1.44 bits per heavy atom. The lowest BCUT2D eigenvalue weighted by Gasteiger charge is -2.18. The second-order valence-corrected chi connectivity index (χ2v) is 4.85. The van der Waals surface area contributed by atoms with Crippen LogP contribution in [0.4, 0.5) is 5.82 Å². The number of anilines is 1. The van der Waals surface area contributed by atoms with Gasteiger partial charge in [0.25, 0.3) is 5.78 Å². The molecule has 0 unspecified atom stereocenters. The van der Waals surface area contributed by atoms with Gasteiger partial charge >= 0.3 is 0 Å². The molecule has 0 saturated carbocycles. The number of halogens is 1. The van der Waals surface area contributed by atoms with Gasteiger partial charge in [0.05, 0.1) is 17.7 Å². The van der Waals surface area contributed by atoms with Crippen molar-refractivity contribution in [1.82, 2.24) is 24.6 Å². The first kappa shape index (κ1) is 11.4. The summed E-state index contributed by atoms with van der Waals surface area (Å²) in [5, 5.41) is 6.55. The number of nitrogens with zero attached hydrogens (tertiary/aromatic N) is 6. The first-order valence-electron chi connectivity index (χ1n) is 5.18. The van der Waals surface area contributed by atoms with E-state index in [2.05, 4.69) is 20.1 Å². The highest BCUT2D eigenvalue weighted by Crippen LogP contribution is 2.19.